The third-order valence-electron chi connectivity index (χ3n) is 1.24. The Morgan fingerprint density at radius 2 is 2.30 bits per heavy atom. The van der Waals surface area contributed by atoms with Crippen molar-refractivity contribution < 1.29 is 9.90 Å². The van der Waals surface area contributed by atoms with Gasteiger partial charge in [-0.2, -0.15) is 0 Å². The van der Waals surface area contributed by atoms with E-state index in [4.69, 9.17) is 5.11 Å². The molecule has 0 aromatic heterocycles. The molecule has 0 radical (unpaired) electrons. The molecule has 5 nitrogen and oxygen atoms in total. The predicted molar refractivity (Wildman–Crippen MR) is 35.3 cm³/mol. The summed E-state index contributed by atoms with van der Waals surface area (Å²) in [6.45, 7) is 1.62. The second kappa shape index (κ2) is 3.81. The fourth-order valence-electron chi connectivity index (χ4n) is 0.465. The first-order valence-corrected chi connectivity index (χ1v) is 2.85. The number of carboxylic acids is 1. The minimum atomic E-state index is -0.928. The van der Waals surface area contributed by atoms with Gasteiger partial charge >= 0.3 is 5.97 Å². The van der Waals surface area contributed by atoms with Gasteiger partial charge < -0.3 is 5.11 Å². The molecule has 0 fully saturated rings. The van der Waals surface area contributed by atoms with E-state index in [2.05, 4.69) is 5.29 Å². The highest BCUT2D eigenvalue weighted by molar-refractivity contribution is 5.67. The van der Waals surface area contributed by atoms with E-state index in [0.29, 0.717) is 0 Å². The maximum Gasteiger partial charge on any atom is 0.305 e. The van der Waals surface area contributed by atoms with Crippen molar-refractivity contribution in [2.24, 2.45) is 5.29 Å². The minimum absolute atomic E-state index is 0.0672. The van der Waals surface area contributed by atoms with Crippen LogP contribution in [0.2, 0.25) is 0 Å². The van der Waals surface area contributed by atoms with Crippen molar-refractivity contribution in [3.63, 3.8) is 0 Å². The van der Waals surface area contributed by atoms with Crippen LogP contribution in [0.25, 0.3) is 0 Å². The molecule has 0 aliphatic heterocycles. The molecule has 0 saturated heterocycles. The summed E-state index contributed by atoms with van der Waals surface area (Å²) in [6.07, 6.45) is -0.0672. The van der Waals surface area contributed by atoms with E-state index >= 15 is 0 Å². The Bertz CT molecular complexity index is 137. The lowest BCUT2D eigenvalue weighted by Crippen LogP contribution is -2.25. The van der Waals surface area contributed by atoms with Crippen LogP contribution in [0.4, 0.5) is 0 Å². The topological polar surface area (TPSA) is 70.0 Å². The standard InChI is InChI=1S/C5H10N2O3/c1-4(3-5(8)9)7(2)6-10/h4H,3H2,1-2H3,(H,8,9). The number of aliphatic carboxylic acids is 1. The zero-order chi connectivity index (χ0) is 8.15. The van der Waals surface area contributed by atoms with Crippen LogP contribution in [0.3, 0.4) is 0 Å². The second-order valence-corrected chi connectivity index (χ2v) is 2.10. The third kappa shape index (κ3) is 3.01. The van der Waals surface area contributed by atoms with Gasteiger partial charge in [0, 0.05) is 7.05 Å². The SMILES string of the molecule is CC(CC(=O)O)N(C)N=O. The lowest BCUT2D eigenvalue weighted by atomic mass is 10.2. The summed E-state index contributed by atoms with van der Waals surface area (Å²) in [4.78, 5) is 19.9. The molecule has 0 heterocycles. The molecule has 1 atom stereocenters. The largest absolute Gasteiger partial charge is 0.481 e. The van der Waals surface area contributed by atoms with Crippen LogP contribution in [-0.4, -0.2) is 29.2 Å². The number of carbonyl (C=O) groups is 1. The molecular weight excluding hydrogens is 136 g/mol. The van der Waals surface area contributed by atoms with Crippen LogP contribution in [0.5, 0.6) is 0 Å². The van der Waals surface area contributed by atoms with Gasteiger partial charge in [-0.25, -0.2) is 0 Å². The van der Waals surface area contributed by atoms with Gasteiger partial charge in [-0.15, -0.1) is 4.91 Å². The van der Waals surface area contributed by atoms with Crippen molar-refractivity contribution in [1.29, 1.82) is 0 Å². The fourth-order valence-corrected chi connectivity index (χ4v) is 0.465. The first-order valence-electron chi connectivity index (χ1n) is 2.85. The highest BCUT2D eigenvalue weighted by atomic mass is 16.4. The molecule has 0 amide bonds. The Morgan fingerprint density at radius 1 is 1.80 bits per heavy atom. The maximum absolute atomic E-state index is 10.1. The average molecular weight is 146 g/mol. The van der Waals surface area contributed by atoms with Crippen molar-refractivity contribution in [1.82, 2.24) is 5.01 Å². The summed E-state index contributed by atoms with van der Waals surface area (Å²) >= 11 is 0. The highest BCUT2D eigenvalue weighted by Crippen LogP contribution is 1.99. The molecule has 0 bridgehead atoms. The lowest BCUT2D eigenvalue weighted by Gasteiger charge is -2.14. The van der Waals surface area contributed by atoms with Crippen molar-refractivity contribution in [3.05, 3.63) is 4.91 Å². The van der Waals surface area contributed by atoms with E-state index in [1.54, 1.807) is 6.92 Å². The maximum atomic E-state index is 10.1. The molecule has 0 aliphatic rings. The van der Waals surface area contributed by atoms with Gasteiger partial charge in [0.05, 0.1) is 17.7 Å². The highest BCUT2D eigenvalue weighted by Gasteiger charge is 2.11. The molecule has 0 aromatic rings. The quantitative estimate of drug-likeness (QED) is 0.462. The van der Waals surface area contributed by atoms with Crippen LogP contribution in [-0.2, 0) is 4.79 Å². The molecular formula is C5H10N2O3. The van der Waals surface area contributed by atoms with E-state index in [-0.39, 0.29) is 12.5 Å². The van der Waals surface area contributed by atoms with Gasteiger partial charge in [0.1, 0.15) is 0 Å². The number of nitrogens with zero attached hydrogens (tertiary/aromatic N) is 2. The molecule has 1 N–H and O–H groups in total. The van der Waals surface area contributed by atoms with Crippen molar-refractivity contribution in [3.8, 4) is 0 Å². The number of nitroso groups, excluding NO2 is 1. The van der Waals surface area contributed by atoms with Gasteiger partial charge in [-0.1, -0.05) is 0 Å². The third-order valence-corrected chi connectivity index (χ3v) is 1.24. The lowest BCUT2D eigenvalue weighted by molar-refractivity contribution is -0.138. The van der Waals surface area contributed by atoms with Crippen LogP contribution in [0.15, 0.2) is 5.29 Å². The zero-order valence-corrected chi connectivity index (χ0v) is 5.94. The van der Waals surface area contributed by atoms with E-state index in [1.165, 1.54) is 7.05 Å². The summed E-state index contributed by atoms with van der Waals surface area (Å²) in [7, 11) is 1.45. The number of hydrogen-bond donors (Lipinski definition) is 1. The molecule has 0 aliphatic carbocycles. The van der Waals surface area contributed by atoms with E-state index < -0.39 is 5.97 Å². The van der Waals surface area contributed by atoms with Gasteiger partial charge in [0.25, 0.3) is 0 Å². The molecule has 5 heteroatoms. The van der Waals surface area contributed by atoms with Crippen molar-refractivity contribution >= 4 is 5.97 Å². The number of hydrogen-bond acceptors (Lipinski definition) is 3. The summed E-state index contributed by atoms with van der Waals surface area (Å²) in [5.74, 6) is -0.928. The molecule has 58 valence electrons. The van der Waals surface area contributed by atoms with E-state index in [1.807, 2.05) is 0 Å². The molecule has 0 saturated carbocycles. The molecule has 0 rings (SSSR count). The minimum Gasteiger partial charge on any atom is -0.481 e. The summed E-state index contributed by atoms with van der Waals surface area (Å²) in [5.41, 5.74) is 0. The smallest absolute Gasteiger partial charge is 0.305 e. The Hall–Kier alpha value is -1.13. The van der Waals surface area contributed by atoms with Gasteiger partial charge in [0.15, 0.2) is 0 Å². The van der Waals surface area contributed by atoms with Crippen molar-refractivity contribution in [2.45, 2.75) is 19.4 Å². The number of carboxylic acid groups (broad SMARTS) is 1. The Morgan fingerprint density at radius 3 is 2.60 bits per heavy atom. The van der Waals surface area contributed by atoms with Crippen LogP contribution >= 0.6 is 0 Å². The Balaban J connectivity index is 3.71. The predicted octanol–water partition coefficient (Wildman–Crippen LogP) is 0.463. The van der Waals surface area contributed by atoms with Gasteiger partial charge in [-0.3, -0.25) is 9.80 Å². The molecule has 1 unspecified atom stereocenters. The Labute approximate surface area is 58.6 Å². The second-order valence-electron chi connectivity index (χ2n) is 2.10. The average Bonchev–Trinajstić information content (AvgIpc) is 1.85. The van der Waals surface area contributed by atoms with Gasteiger partial charge in [-0.05, 0) is 6.92 Å². The summed E-state index contributed by atoms with van der Waals surface area (Å²) < 4.78 is 0. The van der Waals surface area contributed by atoms with Crippen LogP contribution < -0.4 is 0 Å². The first kappa shape index (κ1) is 8.87. The van der Waals surface area contributed by atoms with Gasteiger partial charge in [0.2, 0.25) is 0 Å². The summed E-state index contributed by atoms with van der Waals surface area (Å²) in [6, 6.07) is -0.338. The number of rotatable bonds is 4. The monoisotopic (exact) mass is 146 g/mol. The molecule has 10 heavy (non-hydrogen) atoms. The zero-order valence-electron chi connectivity index (χ0n) is 5.94. The van der Waals surface area contributed by atoms with Crippen LogP contribution in [0.1, 0.15) is 13.3 Å². The van der Waals surface area contributed by atoms with E-state index in [9.17, 15) is 9.70 Å². The molecule has 0 spiro atoms. The normalized spacial score (nSPS) is 12.2. The first-order chi connectivity index (χ1) is 4.57. The van der Waals surface area contributed by atoms with Crippen LogP contribution in [0, 0.1) is 4.91 Å². The van der Waals surface area contributed by atoms with E-state index in [0.717, 1.165) is 5.01 Å². The fraction of sp³-hybridized carbons (Fsp3) is 0.800. The Kier molecular flexibility index (Phi) is 3.38. The van der Waals surface area contributed by atoms with Crippen molar-refractivity contribution in [2.75, 3.05) is 7.05 Å². The molecule has 0 aromatic carbocycles. The summed E-state index contributed by atoms with van der Waals surface area (Å²) in [5, 5.41) is 11.9.